The number of carbonyl (C=O) groups excluding carboxylic acids is 2. The fraction of sp³-hybridized carbons (Fsp3) is 0.0400. The molecule has 0 saturated heterocycles. The van der Waals surface area contributed by atoms with Gasteiger partial charge in [0, 0.05) is 21.1 Å². The second-order valence-corrected chi connectivity index (χ2v) is 8.41. The number of aliphatic hydroxyl groups is 1. The van der Waals surface area contributed by atoms with Gasteiger partial charge in [0.1, 0.15) is 11.3 Å². The maximum absolute atomic E-state index is 13.6. The summed E-state index contributed by atoms with van der Waals surface area (Å²) in [5.41, 5.74) is 1.21. The smallest absolute Gasteiger partial charge is 0.294 e. The SMILES string of the molecule is O=C(C1=C(O)C(=O)N(c2cccc(Cl)c2)C1c1ccc(O)cc1)c1cc2cc(Cl)ccc2o1. The molecule has 5 rings (SSSR count). The molecule has 0 spiro atoms. The van der Waals surface area contributed by atoms with Gasteiger partial charge in [0.2, 0.25) is 5.78 Å². The Morgan fingerprint density at radius 3 is 2.36 bits per heavy atom. The summed E-state index contributed by atoms with van der Waals surface area (Å²) in [4.78, 5) is 28.0. The number of ketones is 1. The molecule has 33 heavy (non-hydrogen) atoms. The number of carbonyl (C=O) groups is 2. The number of halogens is 2. The highest BCUT2D eigenvalue weighted by Gasteiger charge is 2.45. The average molecular weight is 480 g/mol. The summed E-state index contributed by atoms with van der Waals surface area (Å²) in [6, 6.07) is 18.1. The minimum absolute atomic E-state index is 0.0209. The van der Waals surface area contributed by atoms with Crippen molar-refractivity contribution in [3.8, 4) is 5.75 Å². The van der Waals surface area contributed by atoms with Crippen LogP contribution >= 0.6 is 23.2 Å². The number of Topliss-reactive ketones (excluding diaryl/α,β-unsaturated/α-hetero) is 1. The molecule has 164 valence electrons. The molecule has 8 heteroatoms. The van der Waals surface area contributed by atoms with Crippen molar-refractivity contribution >= 4 is 51.5 Å². The molecule has 1 unspecified atom stereocenters. The zero-order chi connectivity index (χ0) is 23.3. The molecule has 0 aliphatic carbocycles. The van der Waals surface area contributed by atoms with Crippen LogP contribution in [0.1, 0.15) is 22.2 Å². The summed E-state index contributed by atoms with van der Waals surface area (Å²) >= 11 is 12.2. The summed E-state index contributed by atoms with van der Waals surface area (Å²) in [6.07, 6.45) is 0. The summed E-state index contributed by atoms with van der Waals surface area (Å²) < 4.78 is 5.70. The van der Waals surface area contributed by atoms with Crippen molar-refractivity contribution in [1.29, 1.82) is 0 Å². The third kappa shape index (κ3) is 3.63. The summed E-state index contributed by atoms with van der Waals surface area (Å²) in [5.74, 6) is -2.10. The molecule has 0 saturated carbocycles. The third-order valence-electron chi connectivity index (χ3n) is 5.45. The largest absolute Gasteiger partial charge is 0.508 e. The van der Waals surface area contributed by atoms with E-state index in [0.29, 0.717) is 32.3 Å². The molecule has 0 fully saturated rings. The van der Waals surface area contributed by atoms with Crippen molar-refractivity contribution in [2.45, 2.75) is 6.04 Å². The van der Waals surface area contributed by atoms with E-state index in [1.807, 2.05) is 0 Å². The van der Waals surface area contributed by atoms with Gasteiger partial charge in [-0.25, -0.2) is 0 Å². The second-order valence-electron chi connectivity index (χ2n) is 7.53. The molecule has 1 atom stereocenters. The van der Waals surface area contributed by atoms with Gasteiger partial charge in [-0.15, -0.1) is 0 Å². The van der Waals surface area contributed by atoms with E-state index in [1.54, 1.807) is 54.6 Å². The Bertz CT molecular complexity index is 1460. The van der Waals surface area contributed by atoms with Crippen molar-refractivity contribution in [3.63, 3.8) is 0 Å². The highest BCUT2D eigenvalue weighted by atomic mass is 35.5. The molecular formula is C25H15Cl2NO5. The highest BCUT2D eigenvalue weighted by Crippen LogP contribution is 2.43. The molecule has 0 bridgehead atoms. The number of benzene rings is 3. The van der Waals surface area contributed by atoms with Gasteiger partial charge < -0.3 is 14.6 Å². The Balaban J connectivity index is 1.66. The number of aliphatic hydroxyl groups excluding tert-OH is 1. The van der Waals surface area contributed by atoms with Crippen molar-refractivity contribution < 1.29 is 24.2 Å². The maximum atomic E-state index is 13.6. The first kappa shape index (κ1) is 21.1. The summed E-state index contributed by atoms with van der Waals surface area (Å²) in [6.45, 7) is 0. The van der Waals surface area contributed by atoms with E-state index in [9.17, 15) is 19.8 Å². The van der Waals surface area contributed by atoms with Crippen molar-refractivity contribution in [1.82, 2.24) is 0 Å². The van der Waals surface area contributed by atoms with Crippen LogP contribution in [-0.2, 0) is 4.79 Å². The van der Waals surface area contributed by atoms with Crippen LogP contribution in [0.4, 0.5) is 5.69 Å². The third-order valence-corrected chi connectivity index (χ3v) is 5.92. The fourth-order valence-electron chi connectivity index (χ4n) is 3.96. The number of hydrogen-bond donors (Lipinski definition) is 2. The zero-order valence-electron chi connectivity index (χ0n) is 16.8. The maximum Gasteiger partial charge on any atom is 0.294 e. The lowest BCUT2D eigenvalue weighted by atomic mass is 9.94. The Morgan fingerprint density at radius 1 is 0.909 bits per heavy atom. The predicted molar refractivity (Wildman–Crippen MR) is 125 cm³/mol. The van der Waals surface area contributed by atoms with Gasteiger partial charge in [0.25, 0.3) is 5.91 Å². The van der Waals surface area contributed by atoms with Gasteiger partial charge in [-0.3, -0.25) is 14.5 Å². The van der Waals surface area contributed by atoms with Gasteiger partial charge in [-0.05, 0) is 60.2 Å². The van der Waals surface area contributed by atoms with Crippen LogP contribution in [-0.4, -0.2) is 21.9 Å². The predicted octanol–water partition coefficient (Wildman–Crippen LogP) is 6.23. The molecule has 1 amide bonds. The van der Waals surface area contributed by atoms with Crippen LogP contribution in [0.25, 0.3) is 11.0 Å². The van der Waals surface area contributed by atoms with Crippen LogP contribution < -0.4 is 4.90 Å². The molecule has 3 aromatic carbocycles. The van der Waals surface area contributed by atoms with E-state index in [4.69, 9.17) is 27.6 Å². The second kappa shape index (κ2) is 7.99. The van der Waals surface area contributed by atoms with Crippen molar-refractivity contribution in [3.05, 3.63) is 105 Å². The molecule has 2 N–H and O–H groups in total. The van der Waals surface area contributed by atoms with Crippen LogP contribution in [0, 0.1) is 0 Å². The molecule has 0 radical (unpaired) electrons. The highest BCUT2D eigenvalue weighted by molar-refractivity contribution is 6.31. The van der Waals surface area contributed by atoms with E-state index in [2.05, 4.69) is 0 Å². The zero-order valence-corrected chi connectivity index (χ0v) is 18.3. The van der Waals surface area contributed by atoms with Crippen LogP contribution in [0.3, 0.4) is 0 Å². The van der Waals surface area contributed by atoms with Gasteiger partial charge in [0.15, 0.2) is 11.5 Å². The summed E-state index contributed by atoms with van der Waals surface area (Å²) in [5, 5.41) is 22.0. The Hall–Kier alpha value is -3.74. The summed E-state index contributed by atoms with van der Waals surface area (Å²) in [7, 11) is 0. The van der Waals surface area contributed by atoms with Gasteiger partial charge in [-0.1, -0.05) is 41.4 Å². The molecule has 1 aliphatic heterocycles. The standard InChI is InChI=1S/C25H15Cl2NO5/c26-15-2-1-3-17(12-15)28-22(13-4-7-18(29)8-5-13)21(24(31)25(28)32)23(30)20-11-14-10-16(27)6-9-19(14)33-20/h1-12,22,29,31H. The van der Waals surface area contributed by atoms with E-state index < -0.39 is 23.5 Å². The molecule has 2 heterocycles. The number of phenols is 1. The quantitative estimate of drug-likeness (QED) is 0.338. The minimum Gasteiger partial charge on any atom is -0.508 e. The number of phenolic OH excluding ortho intramolecular Hbond substituents is 1. The molecular weight excluding hydrogens is 465 g/mol. The van der Waals surface area contributed by atoms with E-state index in [1.165, 1.54) is 23.1 Å². The molecule has 1 aliphatic rings. The van der Waals surface area contributed by atoms with Crippen LogP contribution in [0.2, 0.25) is 10.0 Å². The Kier molecular flexibility index (Phi) is 5.12. The van der Waals surface area contributed by atoms with E-state index >= 15 is 0 Å². The first-order chi connectivity index (χ1) is 15.8. The lowest BCUT2D eigenvalue weighted by molar-refractivity contribution is -0.117. The lowest BCUT2D eigenvalue weighted by Crippen LogP contribution is -2.31. The Morgan fingerprint density at radius 2 is 1.64 bits per heavy atom. The number of furan rings is 1. The van der Waals surface area contributed by atoms with E-state index in [-0.39, 0.29) is 17.1 Å². The fourth-order valence-corrected chi connectivity index (χ4v) is 4.33. The number of fused-ring (bicyclic) bond motifs is 1. The lowest BCUT2D eigenvalue weighted by Gasteiger charge is -2.27. The van der Waals surface area contributed by atoms with Crippen LogP contribution in [0.5, 0.6) is 5.75 Å². The molecule has 1 aromatic heterocycles. The van der Waals surface area contributed by atoms with Gasteiger partial charge >= 0.3 is 0 Å². The average Bonchev–Trinajstić information content (AvgIpc) is 3.32. The van der Waals surface area contributed by atoms with E-state index in [0.717, 1.165) is 0 Å². The first-order valence-corrected chi connectivity index (χ1v) is 10.6. The van der Waals surface area contributed by atoms with Crippen molar-refractivity contribution in [2.24, 2.45) is 0 Å². The minimum atomic E-state index is -0.971. The van der Waals surface area contributed by atoms with Crippen molar-refractivity contribution in [2.75, 3.05) is 4.90 Å². The normalized spacial score (nSPS) is 16.1. The first-order valence-electron chi connectivity index (χ1n) is 9.88. The number of anilines is 1. The Labute approximate surface area is 197 Å². The monoisotopic (exact) mass is 479 g/mol. The number of rotatable bonds is 4. The molecule has 4 aromatic rings. The molecule has 6 nitrogen and oxygen atoms in total. The van der Waals surface area contributed by atoms with Crippen LogP contribution in [0.15, 0.2) is 88.5 Å². The van der Waals surface area contributed by atoms with Gasteiger partial charge in [0.05, 0.1) is 11.6 Å². The topological polar surface area (TPSA) is 91.0 Å². The number of nitrogens with zero attached hydrogens (tertiary/aromatic N) is 1. The number of hydrogen-bond acceptors (Lipinski definition) is 5. The van der Waals surface area contributed by atoms with Gasteiger partial charge in [-0.2, -0.15) is 0 Å². The number of aromatic hydroxyl groups is 1. The number of amides is 1.